The molecular formula is C19H19NO4. The van der Waals surface area contributed by atoms with Gasteiger partial charge in [-0.15, -0.1) is 0 Å². The summed E-state index contributed by atoms with van der Waals surface area (Å²) in [7, 11) is 0. The summed E-state index contributed by atoms with van der Waals surface area (Å²) in [5.74, 6) is -0.348. The van der Waals surface area contributed by atoms with Gasteiger partial charge in [-0.3, -0.25) is 4.79 Å². The summed E-state index contributed by atoms with van der Waals surface area (Å²) in [4.78, 5) is 23.2. The molecule has 1 atom stereocenters. The molecule has 0 aromatic heterocycles. The van der Waals surface area contributed by atoms with Gasteiger partial charge in [0, 0.05) is 5.92 Å². The molecule has 1 aliphatic carbocycles. The van der Waals surface area contributed by atoms with Gasteiger partial charge < -0.3 is 15.2 Å². The van der Waals surface area contributed by atoms with Gasteiger partial charge in [-0.25, -0.2) is 4.79 Å². The Kier molecular flexibility index (Phi) is 4.62. The van der Waals surface area contributed by atoms with E-state index in [1.807, 2.05) is 36.4 Å². The zero-order chi connectivity index (χ0) is 17.1. The highest BCUT2D eigenvalue weighted by atomic mass is 16.5. The maximum absolute atomic E-state index is 11.9. The van der Waals surface area contributed by atoms with Crippen molar-refractivity contribution in [2.45, 2.75) is 18.9 Å². The molecule has 124 valence electrons. The Morgan fingerprint density at radius 1 is 1.08 bits per heavy atom. The van der Waals surface area contributed by atoms with Crippen molar-refractivity contribution in [1.29, 1.82) is 0 Å². The van der Waals surface area contributed by atoms with E-state index in [-0.39, 0.29) is 18.3 Å². The monoisotopic (exact) mass is 325 g/mol. The molecule has 5 heteroatoms. The van der Waals surface area contributed by atoms with Gasteiger partial charge in [0.15, 0.2) is 5.78 Å². The van der Waals surface area contributed by atoms with E-state index in [1.165, 1.54) is 6.92 Å². The number of amides is 1. The molecule has 2 N–H and O–H groups in total. The summed E-state index contributed by atoms with van der Waals surface area (Å²) in [5.41, 5.74) is 4.55. The number of alkyl carbamates (subject to hydrolysis) is 1. The number of carbonyl (C=O) groups is 2. The quantitative estimate of drug-likeness (QED) is 0.885. The van der Waals surface area contributed by atoms with Gasteiger partial charge in [0.25, 0.3) is 0 Å². The van der Waals surface area contributed by atoms with Crippen molar-refractivity contribution in [1.82, 2.24) is 5.32 Å². The number of ketones is 1. The van der Waals surface area contributed by atoms with Crippen molar-refractivity contribution >= 4 is 11.9 Å². The third-order valence-corrected chi connectivity index (χ3v) is 4.31. The van der Waals surface area contributed by atoms with Crippen LogP contribution in [-0.4, -0.2) is 36.2 Å². The van der Waals surface area contributed by atoms with E-state index in [0.717, 1.165) is 22.3 Å². The zero-order valence-electron chi connectivity index (χ0n) is 13.4. The first kappa shape index (κ1) is 16.2. The van der Waals surface area contributed by atoms with Gasteiger partial charge in [-0.1, -0.05) is 48.5 Å². The lowest BCUT2D eigenvalue weighted by Crippen LogP contribution is -2.42. The number of Topliss-reactive ketones (excluding diaryl/α,β-unsaturated/α-hetero) is 1. The van der Waals surface area contributed by atoms with Gasteiger partial charge in [0.1, 0.15) is 12.6 Å². The molecular weight excluding hydrogens is 306 g/mol. The second kappa shape index (κ2) is 6.84. The Balaban J connectivity index is 1.74. The zero-order valence-corrected chi connectivity index (χ0v) is 13.4. The molecule has 0 unspecified atom stereocenters. The Morgan fingerprint density at radius 3 is 2.12 bits per heavy atom. The molecule has 3 rings (SSSR count). The van der Waals surface area contributed by atoms with Gasteiger partial charge in [-0.2, -0.15) is 0 Å². The molecule has 2 aromatic rings. The minimum Gasteiger partial charge on any atom is -0.449 e. The number of benzene rings is 2. The highest BCUT2D eigenvalue weighted by Crippen LogP contribution is 2.44. The van der Waals surface area contributed by atoms with E-state index >= 15 is 0 Å². The number of hydrogen-bond acceptors (Lipinski definition) is 4. The van der Waals surface area contributed by atoms with E-state index in [4.69, 9.17) is 9.84 Å². The van der Waals surface area contributed by atoms with Crippen LogP contribution in [0.2, 0.25) is 0 Å². The fourth-order valence-corrected chi connectivity index (χ4v) is 3.06. The number of carbonyl (C=O) groups excluding carboxylic acids is 2. The molecule has 0 saturated carbocycles. The number of nitrogens with one attached hydrogen (secondary N) is 1. The summed E-state index contributed by atoms with van der Waals surface area (Å²) in [6, 6.07) is 15.2. The molecule has 0 heterocycles. The highest BCUT2D eigenvalue weighted by molar-refractivity contribution is 5.85. The minimum absolute atomic E-state index is 0.0342. The highest BCUT2D eigenvalue weighted by Gasteiger charge is 2.29. The average Bonchev–Trinajstić information content (AvgIpc) is 2.91. The van der Waals surface area contributed by atoms with E-state index in [1.54, 1.807) is 0 Å². The van der Waals surface area contributed by atoms with Crippen LogP contribution in [-0.2, 0) is 9.53 Å². The number of aliphatic hydroxyl groups is 1. The predicted molar refractivity (Wildman–Crippen MR) is 89.8 cm³/mol. The largest absolute Gasteiger partial charge is 0.449 e. The molecule has 0 aliphatic heterocycles. The normalized spacial score (nSPS) is 13.8. The summed E-state index contributed by atoms with van der Waals surface area (Å²) in [6.45, 7) is 1.04. The smallest absolute Gasteiger partial charge is 0.407 e. The van der Waals surface area contributed by atoms with Crippen LogP contribution in [0.25, 0.3) is 11.1 Å². The average molecular weight is 325 g/mol. The number of ether oxygens (including phenoxy) is 1. The van der Waals surface area contributed by atoms with Crippen LogP contribution in [0.3, 0.4) is 0 Å². The van der Waals surface area contributed by atoms with Gasteiger partial charge >= 0.3 is 6.09 Å². The second-order valence-electron chi connectivity index (χ2n) is 5.82. The Labute approximate surface area is 140 Å². The summed E-state index contributed by atoms with van der Waals surface area (Å²) in [5, 5.41) is 11.5. The number of hydrogen-bond donors (Lipinski definition) is 2. The van der Waals surface area contributed by atoms with Crippen LogP contribution in [0, 0.1) is 0 Å². The standard InChI is InChI=1S/C19H19NO4/c1-12(22)18(10-21)20-19(23)24-11-17-15-8-4-2-6-13(15)14-7-3-5-9-16(14)17/h2-9,17-18,21H,10-11H2,1H3,(H,20,23)/t18-/m0/s1. The Morgan fingerprint density at radius 2 is 1.62 bits per heavy atom. The maximum atomic E-state index is 11.9. The van der Waals surface area contributed by atoms with Crippen LogP contribution >= 0.6 is 0 Å². The number of aliphatic hydroxyl groups excluding tert-OH is 1. The SMILES string of the molecule is CC(=O)[C@H](CO)NC(=O)OCC1c2ccccc2-c2ccccc21. The lowest BCUT2D eigenvalue weighted by molar-refractivity contribution is -0.119. The lowest BCUT2D eigenvalue weighted by Gasteiger charge is -2.17. The number of rotatable bonds is 5. The predicted octanol–water partition coefficient (Wildman–Crippen LogP) is 2.48. The molecule has 0 fully saturated rings. The van der Waals surface area contributed by atoms with E-state index in [9.17, 15) is 9.59 Å². The number of fused-ring (bicyclic) bond motifs is 3. The van der Waals surface area contributed by atoms with Crippen molar-refractivity contribution in [3.8, 4) is 11.1 Å². The van der Waals surface area contributed by atoms with E-state index in [2.05, 4.69) is 17.4 Å². The molecule has 0 saturated heterocycles. The third kappa shape index (κ3) is 3.03. The van der Waals surface area contributed by atoms with Crippen LogP contribution in [0.4, 0.5) is 4.79 Å². The minimum atomic E-state index is -0.930. The van der Waals surface area contributed by atoms with Gasteiger partial charge in [0.05, 0.1) is 6.61 Å². The topological polar surface area (TPSA) is 75.6 Å². The first-order chi connectivity index (χ1) is 11.6. The molecule has 0 bridgehead atoms. The van der Waals surface area contributed by atoms with Crippen LogP contribution in [0.1, 0.15) is 24.0 Å². The van der Waals surface area contributed by atoms with Gasteiger partial charge in [-0.05, 0) is 29.2 Å². The van der Waals surface area contributed by atoms with Crippen molar-refractivity contribution < 1.29 is 19.4 Å². The second-order valence-corrected chi connectivity index (χ2v) is 5.82. The van der Waals surface area contributed by atoms with Crippen LogP contribution < -0.4 is 5.32 Å². The molecule has 0 radical (unpaired) electrons. The summed E-state index contributed by atoms with van der Waals surface area (Å²) in [6.07, 6.45) is -0.703. The molecule has 5 nitrogen and oxygen atoms in total. The van der Waals surface area contributed by atoms with Crippen LogP contribution in [0.5, 0.6) is 0 Å². The van der Waals surface area contributed by atoms with Crippen LogP contribution in [0.15, 0.2) is 48.5 Å². The molecule has 1 amide bonds. The Bertz CT molecular complexity index is 726. The lowest BCUT2D eigenvalue weighted by atomic mass is 9.98. The molecule has 1 aliphatic rings. The fourth-order valence-electron chi connectivity index (χ4n) is 3.06. The molecule has 24 heavy (non-hydrogen) atoms. The van der Waals surface area contributed by atoms with E-state index < -0.39 is 18.7 Å². The summed E-state index contributed by atoms with van der Waals surface area (Å²) >= 11 is 0. The van der Waals surface area contributed by atoms with Crippen molar-refractivity contribution in [3.63, 3.8) is 0 Å². The fraction of sp³-hybridized carbons (Fsp3) is 0.263. The first-order valence-corrected chi connectivity index (χ1v) is 7.84. The van der Waals surface area contributed by atoms with E-state index in [0.29, 0.717) is 0 Å². The van der Waals surface area contributed by atoms with Crippen molar-refractivity contribution in [2.75, 3.05) is 13.2 Å². The Hall–Kier alpha value is -2.66. The first-order valence-electron chi connectivity index (χ1n) is 7.84. The molecule has 0 spiro atoms. The maximum Gasteiger partial charge on any atom is 0.407 e. The van der Waals surface area contributed by atoms with Crippen molar-refractivity contribution in [2.24, 2.45) is 0 Å². The molecule has 2 aromatic carbocycles. The van der Waals surface area contributed by atoms with Gasteiger partial charge in [0.2, 0.25) is 0 Å². The van der Waals surface area contributed by atoms with Crippen molar-refractivity contribution in [3.05, 3.63) is 59.7 Å². The third-order valence-electron chi connectivity index (χ3n) is 4.31. The summed E-state index contributed by atoms with van der Waals surface area (Å²) < 4.78 is 5.31.